The van der Waals surface area contributed by atoms with Gasteiger partial charge in [0.05, 0.1) is 23.3 Å². The summed E-state index contributed by atoms with van der Waals surface area (Å²) in [7, 11) is 0. The average molecular weight is 267 g/mol. The highest BCUT2D eigenvalue weighted by atomic mass is 35.5. The van der Waals surface area contributed by atoms with Gasteiger partial charge >= 0.3 is 5.97 Å². The van der Waals surface area contributed by atoms with Crippen LogP contribution in [0.5, 0.6) is 0 Å². The van der Waals surface area contributed by atoms with Crippen LogP contribution in [0.15, 0.2) is 11.0 Å². The maximum Gasteiger partial charge on any atom is 0.335 e. The Morgan fingerprint density at radius 2 is 2.33 bits per heavy atom. The summed E-state index contributed by atoms with van der Waals surface area (Å²) in [5, 5.41) is 1.38. The molecule has 0 spiro atoms. The highest BCUT2D eigenvalue weighted by molar-refractivity contribution is 8.03. The number of rotatable bonds is 2. The molecule has 82 valence electrons. The number of carbonyl (C=O) groups is 2. The molecule has 2 atom stereocenters. The molecule has 1 heterocycles. The number of alkyl halides is 2. The minimum atomic E-state index is -1.35. The Morgan fingerprint density at radius 3 is 2.93 bits per heavy atom. The zero-order valence-corrected chi connectivity index (χ0v) is 10.2. The number of halogens is 2. The molecule has 0 aromatic rings. The minimum Gasteiger partial charge on any atom is -0.463 e. The molecule has 1 saturated carbocycles. The lowest BCUT2D eigenvalue weighted by Gasteiger charge is -2.41. The number of esters is 1. The summed E-state index contributed by atoms with van der Waals surface area (Å²) in [5.74, 6) is -1.24. The lowest BCUT2D eigenvalue weighted by Crippen LogP contribution is -2.58. The molecule has 0 N–H and O–H groups in total. The lowest BCUT2D eigenvalue weighted by atomic mass is 9.77. The second-order valence-corrected chi connectivity index (χ2v) is 5.72. The van der Waals surface area contributed by atoms with Gasteiger partial charge in [0.25, 0.3) is 0 Å². The van der Waals surface area contributed by atoms with E-state index in [0.717, 1.165) is 0 Å². The molecule has 15 heavy (non-hydrogen) atoms. The smallest absolute Gasteiger partial charge is 0.335 e. The van der Waals surface area contributed by atoms with Gasteiger partial charge in [0, 0.05) is 0 Å². The SMILES string of the molecule is CCOC(=O)C1=CS[C@H]2[C@@H]1C(=O)C2(Cl)Cl. The number of hydrogen-bond donors (Lipinski definition) is 0. The molecule has 0 radical (unpaired) electrons. The van der Waals surface area contributed by atoms with Crippen molar-refractivity contribution in [2.24, 2.45) is 5.92 Å². The molecule has 0 amide bonds. The van der Waals surface area contributed by atoms with Crippen LogP contribution in [0, 0.1) is 5.92 Å². The fraction of sp³-hybridized carbons (Fsp3) is 0.556. The Hall–Kier alpha value is -0.190. The first-order valence-corrected chi connectivity index (χ1v) is 6.14. The van der Waals surface area contributed by atoms with Gasteiger partial charge < -0.3 is 4.74 Å². The van der Waals surface area contributed by atoms with E-state index in [0.29, 0.717) is 12.2 Å². The quantitative estimate of drug-likeness (QED) is 0.566. The van der Waals surface area contributed by atoms with Crippen molar-refractivity contribution in [3.05, 3.63) is 11.0 Å². The monoisotopic (exact) mass is 266 g/mol. The van der Waals surface area contributed by atoms with Gasteiger partial charge in [0.2, 0.25) is 0 Å². The topological polar surface area (TPSA) is 43.4 Å². The first-order valence-electron chi connectivity index (χ1n) is 4.45. The van der Waals surface area contributed by atoms with Crippen LogP contribution in [0.3, 0.4) is 0 Å². The van der Waals surface area contributed by atoms with Crippen molar-refractivity contribution in [3.8, 4) is 0 Å². The third kappa shape index (κ3) is 1.50. The molecule has 1 aliphatic heterocycles. The molecule has 0 unspecified atom stereocenters. The van der Waals surface area contributed by atoms with Crippen LogP contribution in [0.25, 0.3) is 0 Å². The van der Waals surface area contributed by atoms with Gasteiger partial charge in [0.15, 0.2) is 10.1 Å². The molecule has 1 fully saturated rings. The zero-order chi connectivity index (χ0) is 11.2. The summed E-state index contributed by atoms with van der Waals surface area (Å²) in [4.78, 5) is 23.0. The molecule has 0 bridgehead atoms. The minimum absolute atomic E-state index is 0.243. The van der Waals surface area contributed by atoms with Crippen LogP contribution in [0.4, 0.5) is 0 Å². The molecular formula is C9H8Cl2O3S. The van der Waals surface area contributed by atoms with E-state index in [1.807, 2.05) is 0 Å². The third-order valence-electron chi connectivity index (χ3n) is 2.46. The second kappa shape index (κ2) is 3.68. The van der Waals surface area contributed by atoms with E-state index in [1.54, 1.807) is 12.3 Å². The van der Waals surface area contributed by atoms with E-state index < -0.39 is 16.2 Å². The number of Topliss-reactive ketones (excluding diaryl/α,β-unsaturated/α-hetero) is 1. The number of fused-ring (bicyclic) bond motifs is 1. The number of hydrogen-bond acceptors (Lipinski definition) is 4. The largest absolute Gasteiger partial charge is 0.463 e. The molecular weight excluding hydrogens is 259 g/mol. The molecule has 0 aromatic heterocycles. The highest BCUT2D eigenvalue weighted by Gasteiger charge is 2.65. The van der Waals surface area contributed by atoms with Crippen molar-refractivity contribution < 1.29 is 14.3 Å². The molecule has 6 heteroatoms. The standard InChI is InChI=1S/C9H8Cl2O3S/c1-2-14-8(13)4-3-15-7-5(4)6(12)9(7,10)11/h3,5,7H,2H2,1H3/t5-,7-/m0/s1. The van der Waals surface area contributed by atoms with E-state index in [2.05, 4.69) is 0 Å². The van der Waals surface area contributed by atoms with Gasteiger partial charge in [-0.25, -0.2) is 4.79 Å². The van der Waals surface area contributed by atoms with E-state index >= 15 is 0 Å². The maximum atomic E-state index is 11.6. The summed E-state index contributed by atoms with van der Waals surface area (Å²) in [6.07, 6.45) is 0. The van der Waals surface area contributed by atoms with Crippen molar-refractivity contribution >= 4 is 46.7 Å². The number of thioether (sulfide) groups is 1. The Bertz CT molecular complexity index is 364. The molecule has 0 aromatic carbocycles. The summed E-state index contributed by atoms with van der Waals surface area (Å²) in [6, 6.07) is 0. The van der Waals surface area contributed by atoms with Crippen LogP contribution in [0.1, 0.15) is 6.92 Å². The van der Waals surface area contributed by atoms with Crippen LogP contribution >= 0.6 is 35.0 Å². The fourth-order valence-corrected chi connectivity index (χ4v) is 3.72. The Balaban J connectivity index is 2.14. The van der Waals surface area contributed by atoms with Gasteiger partial charge in [-0.15, -0.1) is 11.8 Å². The zero-order valence-electron chi connectivity index (χ0n) is 7.83. The lowest BCUT2D eigenvalue weighted by molar-refractivity contribution is -0.141. The van der Waals surface area contributed by atoms with Crippen LogP contribution in [-0.4, -0.2) is 27.9 Å². The second-order valence-electron chi connectivity index (χ2n) is 3.32. The van der Waals surface area contributed by atoms with Crippen molar-refractivity contribution in [1.29, 1.82) is 0 Å². The van der Waals surface area contributed by atoms with Crippen LogP contribution in [0.2, 0.25) is 0 Å². The molecule has 2 aliphatic rings. The van der Waals surface area contributed by atoms with E-state index in [-0.39, 0.29) is 11.0 Å². The summed E-state index contributed by atoms with van der Waals surface area (Å²) in [5.41, 5.74) is 0.383. The first kappa shape index (κ1) is 11.3. The summed E-state index contributed by atoms with van der Waals surface area (Å²) < 4.78 is 3.49. The van der Waals surface area contributed by atoms with Gasteiger partial charge in [-0.3, -0.25) is 4.79 Å². The predicted molar refractivity (Wildman–Crippen MR) is 59.0 cm³/mol. The predicted octanol–water partition coefficient (Wildman–Crippen LogP) is 1.92. The number of ketones is 1. The first-order chi connectivity index (χ1) is 7.00. The van der Waals surface area contributed by atoms with Crippen LogP contribution < -0.4 is 0 Å². The molecule has 3 nitrogen and oxygen atoms in total. The highest BCUT2D eigenvalue weighted by Crippen LogP contribution is 2.57. The van der Waals surface area contributed by atoms with E-state index in [4.69, 9.17) is 27.9 Å². The Kier molecular flexibility index (Phi) is 2.77. The maximum absolute atomic E-state index is 11.6. The average Bonchev–Trinajstić information content (AvgIpc) is 2.59. The van der Waals surface area contributed by atoms with Gasteiger partial charge in [-0.2, -0.15) is 0 Å². The van der Waals surface area contributed by atoms with Gasteiger partial charge in [0.1, 0.15) is 0 Å². The Labute approximate surface area is 101 Å². The molecule has 2 rings (SSSR count). The van der Waals surface area contributed by atoms with Crippen molar-refractivity contribution in [2.75, 3.05) is 6.61 Å². The number of ether oxygens (including phenoxy) is 1. The normalized spacial score (nSPS) is 31.7. The van der Waals surface area contributed by atoms with E-state index in [1.165, 1.54) is 11.8 Å². The molecule has 0 saturated heterocycles. The van der Waals surface area contributed by atoms with Crippen molar-refractivity contribution in [1.82, 2.24) is 0 Å². The van der Waals surface area contributed by atoms with Crippen LogP contribution in [-0.2, 0) is 14.3 Å². The van der Waals surface area contributed by atoms with Gasteiger partial charge in [-0.05, 0) is 12.3 Å². The van der Waals surface area contributed by atoms with Crippen molar-refractivity contribution in [3.63, 3.8) is 0 Å². The fourth-order valence-electron chi connectivity index (χ4n) is 1.68. The summed E-state index contributed by atoms with van der Waals surface area (Å²) >= 11 is 12.9. The Morgan fingerprint density at radius 1 is 1.67 bits per heavy atom. The van der Waals surface area contributed by atoms with Crippen molar-refractivity contribution in [2.45, 2.75) is 16.5 Å². The van der Waals surface area contributed by atoms with E-state index in [9.17, 15) is 9.59 Å². The third-order valence-corrected chi connectivity index (χ3v) is 4.87. The molecule has 1 aliphatic carbocycles. The number of carbonyl (C=O) groups excluding carboxylic acids is 2. The summed E-state index contributed by atoms with van der Waals surface area (Å²) in [6.45, 7) is 2.01. The van der Waals surface area contributed by atoms with Gasteiger partial charge in [-0.1, -0.05) is 23.2 Å².